The first-order valence-corrected chi connectivity index (χ1v) is 7.68. The molecule has 0 bridgehead atoms. The highest BCUT2D eigenvalue weighted by atomic mass is 16.6. The number of hydrogen-bond donors (Lipinski definition) is 1. The Kier molecular flexibility index (Phi) is 7.57. The van der Waals surface area contributed by atoms with E-state index in [-0.39, 0.29) is 19.3 Å². The molecule has 0 aliphatic carbocycles. The highest BCUT2D eigenvalue weighted by Crippen LogP contribution is 2.11. The molecule has 0 aromatic carbocycles. The van der Waals surface area contributed by atoms with Gasteiger partial charge in [0.1, 0.15) is 12.2 Å². The zero-order valence-corrected chi connectivity index (χ0v) is 13.9. The predicted octanol–water partition coefficient (Wildman–Crippen LogP) is 0.452. The Bertz CT molecular complexity index is 524. The first-order chi connectivity index (χ1) is 11.2. The van der Waals surface area contributed by atoms with Crippen molar-refractivity contribution in [3.8, 4) is 0 Å². The molecule has 1 heterocycles. The summed E-state index contributed by atoms with van der Waals surface area (Å²) >= 11 is 0. The van der Waals surface area contributed by atoms with Crippen LogP contribution in [-0.2, 0) is 33.4 Å². The van der Waals surface area contributed by atoms with Gasteiger partial charge in [-0.25, -0.2) is 4.79 Å². The molecule has 0 fully saturated rings. The van der Waals surface area contributed by atoms with E-state index in [1.54, 1.807) is 0 Å². The van der Waals surface area contributed by atoms with Gasteiger partial charge in [-0.15, -0.1) is 0 Å². The molecule has 0 saturated carbocycles. The van der Waals surface area contributed by atoms with E-state index in [1.165, 1.54) is 20.8 Å². The van der Waals surface area contributed by atoms with Gasteiger partial charge < -0.3 is 19.3 Å². The molecule has 0 spiro atoms. The zero-order valence-electron chi connectivity index (χ0n) is 13.9. The van der Waals surface area contributed by atoms with Crippen LogP contribution in [0.15, 0.2) is 12.2 Å². The van der Waals surface area contributed by atoms with Gasteiger partial charge >= 0.3 is 17.9 Å². The number of rotatable bonds is 0. The smallest absolute Gasteiger partial charge is 0.331 e. The normalized spacial score (nSPS) is 32.5. The fourth-order valence-corrected chi connectivity index (χ4v) is 1.95. The summed E-state index contributed by atoms with van der Waals surface area (Å²) in [6.07, 6.45) is -2.14. The molecule has 134 valence electrons. The molecule has 0 radical (unpaired) electrons. The average Bonchev–Trinajstić information content (AvgIpc) is 2.48. The Balaban J connectivity index is 2.85. The molecule has 0 unspecified atom stereocenters. The van der Waals surface area contributed by atoms with Crippen LogP contribution in [0.4, 0.5) is 0 Å². The minimum Gasteiger partial charge on any atom is -0.460 e. The third kappa shape index (κ3) is 6.91. The number of ketones is 1. The largest absolute Gasteiger partial charge is 0.460 e. The van der Waals surface area contributed by atoms with Crippen LogP contribution in [0.1, 0.15) is 40.0 Å². The molecule has 1 N–H and O–H groups in total. The van der Waals surface area contributed by atoms with Crippen LogP contribution in [0.3, 0.4) is 0 Å². The van der Waals surface area contributed by atoms with E-state index in [2.05, 4.69) is 0 Å². The minimum atomic E-state index is -1.06. The van der Waals surface area contributed by atoms with Crippen LogP contribution >= 0.6 is 0 Å². The van der Waals surface area contributed by atoms with Crippen molar-refractivity contribution in [1.29, 1.82) is 0 Å². The lowest BCUT2D eigenvalue weighted by Gasteiger charge is -2.20. The van der Waals surface area contributed by atoms with Crippen molar-refractivity contribution in [2.75, 3.05) is 0 Å². The number of carbonyl (C=O) groups excluding carboxylic acids is 4. The van der Waals surface area contributed by atoms with E-state index in [4.69, 9.17) is 14.2 Å². The summed E-state index contributed by atoms with van der Waals surface area (Å²) in [7, 11) is 0. The molecule has 8 nitrogen and oxygen atoms in total. The van der Waals surface area contributed by atoms with E-state index in [1.807, 2.05) is 0 Å². The highest BCUT2D eigenvalue weighted by molar-refractivity contribution is 5.99. The molecule has 8 heteroatoms. The fourth-order valence-electron chi connectivity index (χ4n) is 1.95. The van der Waals surface area contributed by atoms with Gasteiger partial charge in [-0.2, -0.15) is 0 Å². The maximum Gasteiger partial charge on any atom is 0.331 e. The van der Waals surface area contributed by atoms with Crippen molar-refractivity contribution in [1.82, 2.24) is 0 Å². The standard InChI is InChI=1S/C16H22O8/c1-9-8-16(21)24-11(3)13(18)5-7-15(20)23-10(2)12(17)4-6-14(19)22-9/h4,6,9-11,13,18H,5,7-8H2,1-3H3/b6-4+/t9-,10+,11+,13-/m1/s1. The van der Waals surface area contributed by atoms with Gasteiger partial charge in [0.15, 0.2) is 11.9 Å². The third-order valence-electron chi connectivity index (χ3n) is 3.37. The summed E-state index contributed by atoms with van der Waals surface area (Å²) in [5.74, 6) is -2.70. The molecule has 0 amide bonds. The van der Waals surface area contributed by atoms with Crippen LogP contribution in [0, 0.1) is 0 Å². The Morgan fingerprint density at radius 3 is 2.29 bits per heavy atom. The average molecular weight is 342 g/mol. The van der Waals surface area contributed by atoms with Crippen molar-refractivity contribution in [3.63, 3.8) is 0 Å². The lowest BCUT2D eigenvalue weighted by Crippen LogP contribution is -2.31. The van der Waals surface area contributed by atoms with Crippen LogP contribution in [0.25, 0.3) is 0 Å². The number of aliphatic hydroxyl groups is 1. The Morgan fingerprint density at radius 1 is 0.958 bits per heavy atom. The van der Waals surface area contributed by atoms with Crippen LogP contribution in [0.5, 0.6) is 0 Å². The van der Waals surface area contributed by atoms with E-state index >= 15 is 0 Å². The van der Waals surface area contributed by atoms with Gasteiger partial charge in [-0.05, 0) is 33.3 Å². The molecular formula is C16H22O8. The summed E-state index contributed by atoms with van der Waals surface area (Å²) in [6.45, 7) is 4.37. The van der Waals surface area contributed by atoms with Crippen molar-refractivity contribution in [2.45, 2.75) is 64.4 Å². The lowest BCUT2D eigenvalue weighted by molar-refractivity contribution is -0.159. The summed E-state index contributed by atoms with van der Waals surface area (Å²) in [5.41, 5.74) is 0. The predicted molar refractivity (Wildman–Crippen MR) is 80.7 cm³/mol. The topological polar surface area (TPSA) is 116 Å². The molecule has 0 aromatic heterocycles. The molecule has 24 heavy (non-hydrogen) atoms. The Labute approximate surface area is 139 Å². The van der Waals surface area contributed by atoms with Gasteiger partial charge in [0.2, 0.25) is 0 Å². The number of hydrogen-bond acceptors (Lipinski definition) is 8. The van der Waals surface area contributed by atoms with Crippen LogP contribution in [0.2, 0.25) is 0 Å². The summed E-state index contributed by atoms with van der Waals surface area (Å²) in [5, 5.41) is 9.90. The first kappa shape index (κ1) is 19.8. The number of cyclic esters (lactones) is 3. The SMILES string of the molecule is C[C@@H]1CC(=O)O[C@@H](C)[C@H](O)CCC(=O)O[C@@H](C)C(=O)/C=C/C(=O)O1. The fraction of sp³-hybridized carbons (Fsp3) is 0.625. The van der Waals surface area contributed by atoms with E-state index in [0.717, 1.165) is 12.2 Å². The van der Waals surface area contributed by atoms with Crippen LogP contribution < -0.4 is 0 Å². The first-order valence-electron chi connectivity index (χ1n) is 7.68. The third-order valence-corrected chi connectivity index (χ3v) is 3.37. The Hall–Kier alpha value is -2.22. The minimum absolute atomic E-state index is 0.0224. The second kappa shape index (κ2) is 9.17. The summed E-state index contributed by atoms with van der Waals surface area (Å²) in [6, 6.07) is 0. The van der Waals surface area contributed by atoms with Gasteiger partial charge in [0, 0.05) is 12.5 Å². The zero-order chi connectivity index (χ0) is 18.3. The quantitative estimate of drug-likeness (QED) is 0.498. The van der Waals surface area contributed by atoms with E-state index < -0.39 is 48.1 Å². The van der Waals surface area contributed by atoms with Gasteiger partial charge in [0.05, 0.1) is 12.5 Å². The summed E-state index contributed by atoms with van der Waals surface area (Å²) in [4.78, 5) is 46.7. The second-order valence-corrected chi connectivity index (χ2v) is 5.62. The molecule has 4 atom stereocenters. The van der Waals surface area contributed by atoms with E-state index in [9.17, 15) is 24.3 Å². The number of esters is 3. The van der Waals surface area contributed by atoms with Gasteiger partial charge in [-0.1, -0.05) is 0 Å². The number of carbonyl (C=O) groups is 4. The molecular weight excluding hydrogens is 320 g/mol. The molecule has 1 rings (SSSR count). The molecule has 0 aromatic rings. The van der Waals surface area contributed by atoms with Gasteiger partial charge in [0.25, 0.3) is 0 Å². The lowest BCUT2D eigenvalue weighted by atomic mass is 10.1. The molecule has 0 saturated heterocycles. The molecule has 1 aliphatic rings. The summed E-state index contributed by atoms with van der Waals surface area (Å²) < 4.78 is 14.9. The number of aliphatic hydroxyl groups excluding tert-OH is 1. The van der Waals surface area contributed by atoms with E-state index in [0.29, 0.717) is 0 Å². The molecule has 1 aliphatic heterocycles. The van der Waals surface area contributed by atoms with Crippen molar-refractivity contribution < 1.29 is 38.5 Å². The Morgan fingerprint density at radius 2 is 1.62 bits per heavy atom. The monoisotopic (exact) mass is 342 g/mol. The van der Waals surface area contributed by atoms with Gasteiger partial charge in [-0.3, -0.25) is 14.4 Å². The van der Waals surface area contributed by atoms with Crippen molar-refractivity contribution >= 4 is 23.7 Å². The second-order valence-electron chi connectivity index (χ2n) is 5.62. The highest BCUT2D eigenvalue weighted by Gasteiger charge is 2.23. The van der Waals surface area contributed by atoms with Crippen LogP contribution in [-0.4, -0.2) is 53.2 Å². The van der Waals surface area contributed by atoms with Crippen molar-refractivity contribution in [2.24, 2.45) is 0 Å². The maximum atomic E-state index is 11.8. The number of ether oxygens (including phenoxy) is 3. The maximum absolute atomic E-state index is 11.8. The van der Waals surface area contributed by atoms with Crippen molar-refractivity contribution in [3.05, 3.63) is 12.2 Å².